The molecule has 49 heavy (non-hydrogen) atoms. The van der Waals surface area contributed by atoms with Crippen molar-refractivity contribution in [1.82, 2.24) is 5.32 Å². The lowest BCUT2D eigenvalue weighted by Crippen LogP contribution is -2.25. The highest BCUT2D eigenvalue weighted by atomic mass is 32.2. The number of thioether (sulfide) groups is 1. The molecule has 1 amide bonds. The Hall–Kier alpha value is -0.500. The van der Waals surface area contributed by atoms with Crippen molar-refractivity contribution in [3.8, 4) is 0 Å². The van der Waals surface area contributed by atoms with Crippen LogP contribution in [0.15, 0.2) is 0 Å². The fourth-order valence-corrected chi connectivity index (χ4v) is 6.14. The van der Waals surface area contributed by atoms with Crippen LogP contribution in [-0.4, -0.2) is 121 Å². The van der Waals surface area contributed by atoms with E-state index in [1.807, 2.05) is 0 Å². The van der Waals surface area contributed by atoms with Crippen molar-refractivity contribution in [2.75, 3.05) is 110 Å². The third kappa shape index (κ3) is 45.5. The fraction of sp³-hybridized carbons (Fsp3) is 0.974. The molecule has 0 aromatic carbocycles. The minimum Gasteiger partial charge on any atom is -0.394 e. The second kappa shape index (κ2) is 45.5. The maximum atomic E-state index is 12.0. The lowest BCUT2D eigenvalue weighted by atomic mass is 10.1. The highest BCUT2D eigenvalue weighted by Crippen LogP contribution is 2.15. The van der Waals surface area contributed by atoms with E-state index in [4.69, 9.17) is 39.3 Å². The number of rotatable bonds is 44. The van der Waals surface area contributed by atoms with Gasteiger partial charge in [-0.3, -0.25) is 4.79 Å². The molecular formula is C38H78N2O8S. The van der Waals surface area contributed by atoms with Crippen LogP contribution in [-0.2, 0) is 33.2 Å². The third-order valence-corrected chi connectivity index (χ3v) is 9.18. The van der Waals surface area contributed by atoms with Gasteiger partial charge in [0.25, 0.3) is 0 Å². The van der Waals surface area contributed by atoms with Crippen molar-refractivity contribution in [1.29, 1.82) is 0 Å². The number of unbranched alkanes of at least 4 members (excludes halogenated alkanes) is 15. The molecule has 0 aromatic rings. The summed E-state index contributed by atoms with van der Waals surface area (Å²) < 4.78 is 32.5. The van der Waals surface area contributed by atoms with Gasteiger partial charge in [-0.05, 0) is 56.6 Å². The van der Waals surface area contributed by atoms with Crippen LogP contribution >= 0.6 is 11.8 Å². The zero-order valence-electron chi connectivity index (χ0n) is 31.5. The van der Waals surface area contributed by atoms with Crippen molar-refractivity contribution in [2.24, 2.45) is 5.73 Å². The van der Waals surface area contributed by atoms with Gasteiger partial charge in [-0.2, -0.15) is 11.8 Å². The molecule has 0 aliphatic rings. The number of aliphatic hydroxyl groups excluding tert-OH is 1. The lowest BCUT2D eigenvalue weighted by Gasteiger charge is -2.08. The van der Waals surface area contributed by atoms with Crippen LogP contribution in [0.3, 0.4) is 0 Å². The normalized spacial score (nSPS) is 11.5. The van der Waals surface area contributed by atoms with Gasteiger partial charge in [-0.1, -0.05) is 83.5 Å². The maximum Gasteiger partial charge on any atom is 0.219 e. The number of carbonyl (C=O) groups is 1. The van der Waals surface area contributed by atoms with E-state index in [1.54, 1.807) is 0 Å². The van der Waals surface area contributed by atoms with Gasteiger partial charge in [0.05, 0.1) is 66.1 Å². The van der Waals surface area contributed by atoms with Gasteiger partial charge < -0.3 is 44.6 Å². The molecule has 0 unspecified atom stereocenters. The summed E-state index contributed by atoms with van der Waals surface area (Å²) in [7, 11) is 0. The van der Waals surface area contributed by atoms with Crippen molar-refractivity contribution >= 4 is 17.7 Å². The Bertz CT molecular complexity index is 624. The van der Waals surface area contributed by atoms with E-state index >= 15 is 0 Å². The van der Waals surface area contributed by atoms with Crippen molar-refractivity contribution in [3.63, 3.8) is 0 Å². The summed E-state index contributed by atoms with van der Waals surface area (Å²) in [4.78, 5) is 12.0. The topological polar surface area (TPSA) is 131 Å². The van der Waals surface area contributed by atoms with E-state index < -0.39 is 0 Å². The average molecular weight is 723 g/mol. The predicted molar refractivity (Wildman–Crippen MR) is 204 cm³/mol. The number of carbonyl (C=O) groups excluding carboxylic acids is 1. The quantitative estimate of drug-likeness (QED) is 0.0585. The number of amides is 1. The first-order valence-electron chi connectivity index (χ1n) is 19.9. The largest absolute Gasteiger partial charge is 0.394 e. The molecule has 0 aliphatic heterocycles. The Balaban J connectivity index is 3.12. The van der Waals surface area contributed by atoms with Crippen molar-refractivity contribution in [2.45, 2.75) is 128 Å². The summed E-state index contributed by atoms with van der Waals surface area (Å²) in [5.41, 5.74) is 5.41. The van der Waals surface area contributed by atoms with E-state index in [-0.39, 0.29) is 12.5 Å². The zero-order chi connectivity index (χ0) is 35.4. The van der Waals surface area contributed by atoms with Crippen LogP contribution in [0.2, 0.25) is 0 Å². The SMILES string of the molecule is NCCCOCCOCCOCCCNC(=O)CCCCCCCCCCSCCCCCCCCCCCOCCOCCOCCO. The Morgan fingerprint density at radius 3 is 1.29 bits per heavy atom. The van der Waals surface area contributed by atoms with Gasteiger partial charge in [0, 0.05) is 32.8 Å². The van der Waals surface area contributed by atoms with E-state index in [1.165, 1.54) is 101 Å². The Kier molecular flexibility index (Phi) is 45.1. The summed E-state index contributed by atoms with van der Waals surface area (Å²) in [5, 5.41) is 11.6. The molecule has 0 radical (unpaired) electrons. The lowest BCUT2D eigenvalue weighted by molar-refractivity contribution is -0.121. The smallest absolute Gasteiger partial charge is 0.219 e. The molecule has 0 fully saturated rings. The molecule has 0 atom stereocenters. The molecule has 0 saturated carbocycles. The van der Waals surface area contributed by atoms with Crippen LogP contribution in [0, 0.1) is 0 Å². The van der Waals surface area contributed by atoms with E-state index in [9.17, 15) is 4.79 Å². The average Bonchev–Trinajstić information content (AvgIpc) is 3.11. The summed E-state index contributed by atoms with van der Waals surface area (Å²) >= 11 is 2.15. The van der Waals surface area contributed by atoms with Gasteiger partial charge in [0.2, 0.25) is 5.91 Å². The van der Waals surface area contributed by atoms with Crippen molar-refractivity contribution in [3.05, 3.63) is 0 Å². The van der Waals surface area contributed by atoms with Crippen molar-refractivity contribution < 1.29 is 38.3 Å². The molecule has 11 heteroatoms. The van der Waals surface area contributed by atoms with Gasteiger partial charge in [0.1, 0.15) is 0 Å². The summed E-state index contributed by atoms with van der Waals surface area (Å²) in [6.07, 6.45) is 24.4. The second-order valence-electron chi connectivity index (χ2n) is 12.6. The Morgan fingerprint density at radius 2 is 0.816 bits per heavy atom. The first kappa shape index (κ1) is 48.5. The molecule has 0 bridgehead atoms. The van der Waals surface area contributed by atoms with Gasteiger partial charge in [0.15, 0.2) is 0 Å². The molecule has 0 saturated heterocycles. The number of ether oxygens (including phenoxy) is 6. The minimum atomic E-state index is 0.0607. The molecule has 10 nitrogen and oxygen atoms in total. The van der Waals surface area contributed by atoms with Crippen LogP contribution in [0.4, 0.5) is 0 Å². The predicted octanol–water partition coefficient (Wildman–Crippen LogP) is 6.69. The number of hydrogen-bond donors (Lipinski definition) is 3. The van der Waals surface area contributed by atoms with Gasteiger partial charge in [-0.15, -0.1) is 0 Å². The molecule has 294 valence electrons. The molecule has 4 N–H and O–H groups in total. The van der Waals surface area contributed by atoms with E-state index in [0.717, 1.165) is 38.7 Å². The molecule has 0 aliphatic carbocycles. The fourth-order valence-electron chi connectivity index (χ4n) is 5.12. The second-order valence-corrected chi connectivity index (χ2v) is 13.8. The standard InChI is InChI=1S/C38H78N2O8S/c39-21-18-25-44-29-33-47-34-30-45-26-19-22-40-38(42)20-14-10-6-2-5-9-13-17-37-49-36-16-12-8-4-1-3-7-11-15-24-43-28-32-48-35-31-46-27-23-41/h41H,1-37,39H2,(H,40,42). The molecule has 0 spiro atoms. The molecule has 0 aromatic heterocycles. The number of hydrogen-bond acceptors (Lipinski definition) is 10. The highest BCUT2D eigenvalue weighted by Gasteiger charge is 2.01. The summed E-state index contributed by atoms with van der Waals surface area (Å²) in [6.45, 7) is 8.58. The zero-order valence-corrected chi connectivity index (χ0v) is 32.3. The molecule has 0 rings (SSSR count). The first-order chi connectivity index (χ1) is 24.3. The minimum absolute atomic E-state index is 0.0607. The Labute approximate surface area is 305 Å². The number of nitrogens with one attached hydrogen (secondary N) is 1. The van der Waals surface area contributed by atoms with Gasteiger partial charge >= 0.3 is 0 Å². The van der Waals surface area contributed by atoms with E-state index in [0.29, 0.717) is 92.2 Å². The van der Waals surface area contributed by atoms with Crippen LogP contribution in [0.5, 0.6) is 0 Å². The third-order valence-electron chi connectivity index (χ3n) is 8.02. The van der Waals surface area contributed by atoms with Crippen LogP contribution in [0.1, 0.15) is 128 Å². The molecule has 0 heterocycles. The molecular weight excluding hydrogens is 644 g/mol. The summed E-state index contributed by atoms with van der Waals surface area (Å²) in [6, 6.07) is 0. The van der Waals surface area contributed by atoms with E-state index in [2.05, 4.69) is 17.1 Å². The highest BCUT2D eigenvalue weighted by molar-refractivity contribution is 7.99. The monoisotopic (exact) mass is 723 g/mol. The maximum absolute atomic E-state index is 12.0. The number of aliphatic hydroxyl groups is 1. The first-order valence-corrected chi connectivity index (χ1v) is 21.1. The Morgan fingerprint density at radius 1 is 0.449 bits per heavy atom. The van der Waals surface area contributed by atoms with Crippen LogP contribution in [0.25, 0.3) is 0 Å². The van der Waals surface area contributed by atoms with Crippen LogP contribution < -0.4 is 11.1 Å². The number of nitrogens with two attached hydrogens (primary N) is 1. The van der Waals surface area contributed by atoms with Gasteiger partial charge in [-0.25, -0.2) is 0 Å². The summed E-state index contributed by atoms with van der Waals surface area (Å²) in [5.74, 6) is 2.81.